The first-order valence-corrected chi connectivity index (χ1v) is 26.6. The van der Waals surface area contributed by atoms with Crippen LogP contribution < -0.4 is 26.6 Å². The van der Waals surface area contributed by atoms with E-state index in [1.807, 2.05) is 152 Å². The molecule has 0 spiro atoms. The molecule has 4 fully saturated rings. The maximum atomic E-state index is 12.6. The first kappa shape index (κ1) is 57.0. The summed E-state index contributed by atoms with van der Waals surface area (Å²) in [6.45, 7) is 0.534. The smallest absolute Gasteiger partial charge is 0.187 e. The first-order chi connectivity index (χ1) is 37.6. The van der Waals surface area contributed by atoms with Crippen molar-refractivity contribution < 1.29 is 69.3 Å². The second-order valence-corrected chi connectivity index (χ2v) is 20.3. The molecular weight excluding hydrogens is 991 g/mol. The van der Waals surface area contributed by atoms with Crippen LogP contribution in [0.2, 0.25) is 0 Å². The van der Waals surface area contributed by atoms with Crippen molar-refractivity contribution in [2.24, 2.45) is 0 Å². The van der Waals surface area contributed by atoms with Gasteiger partial charge in [-0.25, -0.2) is 0 Å². The highest BCUT2D eigenvalue weighted by Crippen LogP contribution is 2.36. The Bertz CT molecular complexity index is 2470. The molecule has 1 saturated carbocycles. The van der Waals surface area contributed by atoms with E-state index < -0.39 is 129 Å². The van der Waals surface area contributed by atoms with Crippen molar-refractivity contribution in [3.8, 4) is 0 Å². The Balaban J connectivity index is 1.00. The van der Waals surface area contributed by atoms with Crippen LogP contribution in [0.1, 0.15) is 34.2 Å². The third kappa shape index (κ3) is 14.6. The molecule has 19 heteroatoms. The van der Waals surface area contributed by atoms with Crippen LogP contribution in [-0.4, -0.2) is 177 Å². The summed E-state index contributed by atoms with van der Waals surface area (Å²) in [6, 6.07) is 44.6. The van der Waals surface area contributed by atoms with Gasteiger partial charge < -0.3 is 95.9 Å². The molecule has 5 aromatic rings. The molecule has 416 valence electrons. The highest BCUT2D eigenvalue weighted by Gasteiger charge is 2.56. The molecule has 13 N–H and O–H groups in total. The van der Waals surface area contributed by atoms with Gasteiger partial charge in [0.15, 0.2) is 18.9 Å². The molecule has 19 unspecified atom stereocenters. The van der Waals surface area contributed by atoms with Crippen LogP contribution in [0, 0.1) is 0 Å². The number of hydrogen-bond acceptors (Lipinski definition) is 19. The second-order valence-electron chi connectivity index (χ2n) is 20.3. The highest BCUT2D eigenvalue weighted by atomic mass is 16.8. The number of ether oxygens (including phenoxy) is 6. The maximum Gasteiger partial charge on any atom is 0.187 e. The van der Waals surface area contributed by atoms with Crippen LogP contribution in [-0.2, 0) is 61.1 Å². The molecule has 0 amide bonds. The van der Waals surface area contributed by atoms with Crippen molar-refractivity contribution in [1.29, 1.82) is 0 Å². The van der Waals surface area contributed by atoms with Gasteiger partial charge in [-0.1, -0.05) is 152 Å². The van der Waals surface area contributed by atoms with Crippen molar-refractivity contribution in [2.75, 3.05) is 19.8 Å². The Labute approximate surface area is 449 Å². The number of hydrogen-bond donors (Lipinski definition) is 13. The summed E-state index contributed by atoms with van der Waals surface area (Å²) in [6.07, 6.45) is -19.9. The fraction of sp³-hybridized carbons (Fsp3) is 0.483. The van der Waals surface area contributed by atoms with Gasteiger partial charge in [0.25, 0.3) is 0 Å². The lowest BCUT2D eigenvalue weighted by Gasteiger charge is -2.49. The molecule has 3 aliphatic heterocycles. The average molecular weight is 1070 g/mol. The van der Waals surface area contributed by atoms with Crippen LogP contribution in [0.3, 0.4) is 0 Å². The lowest BCUT2D eigenvalue weighted by atomic mass is 9.82. The maximum absolute atomic E-state index is 12.6. The van der Waals surface area contributed by atoms with E-state index in [1.54, 1.807) is 0 Å². The van der Waals surface area contributed by atoms with E-state index in [0.29, 0.717) is 19.6 Å². The van der Waals surface area contributed by atoms with E-state index in [9.17, 15) is 40.9 Å². The molecule has 4 aliphatic rings. The zero-order valence-electron chi connectivity index (χ0n) is 42.8. The minimum atomic E-state index is -1.65. The summed E-state index contributed by atoms with van der Waals surface area (Å²) < 4.78 is 39.4. The summed E-state index contributed by atoms with van der Waals surface area (Å²) >= 11 is 0. The summed E-state index contributed by atoms with van der Waals surface area (Å²) in [4.78, 5) is 0. The van der Waals surface area contributed by atoms with E-state index >= 15 is 0 Å². The molecule has 19 atom stereocenters. The minimum Gasteiger partial charge on any atom is -0.394 e. The van der Waals surface area contributed by atoms with Gasteiger partial charge in [0, 0.05) is 51.4 Å². The summed E-state index contributed by atoms with van der Waals surface area (Å²) in [5, 5.41) is 109. The van der Waals surface area contributed by atoms with Crippen molar-refractivity contribution in [1.82, 2.24) is 26.6 Å². The fourth-order valence-corrected chi connectivity index (χ4v) is 10.7. The Kier molecular flexibility index (Phi) is 20.7. The van der Waals surface area contributed by atoms with E-state index in [0.717, 1.165) is 27.8 Å². The van der Waals surface area contributed by atoms with E-state index in [1.165, 1.54) is 0 Å². The van der Waals surface area contributed by atoms with Gasteiger partial charge in [-0.3, -0.25) is 0 Å². The molecular formula is C58H75N5O14. The standard InChI is InChI=1S/C58H75N5O14/c64-33-43-49(68)51(70)46(63-31-39-24-14-5-15-25-39)57(73-43)75-53-41(61-29-37-20-10-3-11-21-37)26-40(60-28-36-18-8-2-9-19-36)47(66)55(53)77-58-52(71)54(44(34-65)74-58)76-56-45(62-30-38-22-12-4-13-23-38)50(69)48(67)42(72-56)32-59-27-35-16-6-1-7-17-35/h1-25,40-71H,26-34H2. The molecule has 3 saturated heterocycles. The van der Waals surface area contributed by atoms with Crippen LogP contribution >= 0.6 is 0 Å². The van der Waals surface area contributed by atoms with Gasteiger partial charge >= 0.3 is 0 Å². The van der Waals surface area contributed by atoms with Crippen LogP contribution in [0.5, 0.6) is 0 Å². The second kappa shape index (κ2) is 28.0. The number of aliphatic hydroxyl groups excluding tert-OH is 8. The van der Waals surface area contributed by atoms with E-state index in [2.05, 4.69) is 26.6 Å². The van der Waals surface area contributed by atoms with Gasteiger partial charge in [0.1, 0.15) is 67.1 Å². The highest BCUT2D eigenvalue weighted by molar-refractivity contribution is 5.19. The number of aliphatic hydroxyl groups is 8. The Morgan fingerprint density at radius 2 is 0.740 bits per heavy atom. The number of benzene rings is 5. The Morgan fingerprint density at radius 3 is 1.21 bits per heavy atom. The largest absolute Gasteiger partial charge is 0.394 e. The average Bonchev–Trinajstić information content (AvgIpc) is 3.81. The first-order valence-electron chi connectivity index (χ1n) is 26.6. The zero-order chi connectivity index (χ0) is 53.7. The quantitative estimate of drug-likeness (QED) is 0.0396. The molecule has 1 aliphatic carbocycles. The third-order valence-electron chi connectivity index (χ3n) is 15.0. The molecule has 0 radical (unpaired) electrons. The van der Waals surface area contributed by atoms with Crippen LogP contribution in [0.4, 0.5) is 0 Å². The van der Waals surface area contributed by atoms with Crippen molar-refractivity contribution in [3.63, 3.8) is 0 Å². The monoisotopic (exact) mass is 1070 g/mol. The molecule has 0 aromatic heterocycles. The molecule has 0 bridgehead atoms. The van der Waals surface area contributed by atoms with Gasteiger partial charge in [-0.2, -0.15) is 0 Å². The number of nitrogens with one attached hydrogen (secondary N) is 5. The Morgan fingerprint density at radius 1 is 0.364 bits per heavy atom. The number of rotatable bonds is 24. The Hall–Kier alpha value is -4.66. The van der Waals surface area contributed by atoms with Crippen molar-refractivity contribution in [3.05, 3.63) is 179 Å². The fourth-order valence-electron chi connectivity index (χ4n) is 10.7. The van der Waals surface area contributed by atoms with Gasteiger partial charge in [0.2, 0.25) is 0 Å². The predicted molar refractivity (Wildman–Crippen MR) is 282 cm³/mol. The normalized spacial score (nSPS) is 34.5. The van der Waals surface area contributed by atoms with Gasteiger partial charge in [0.05, 0.1) is 31.4 Å². The predicted octanol–water partition coefficient (Wildman–Crippen LogP) is 0.294. The van der Waals surface area contributed by atoms with Crippen LogP contribution in [0.25, 0.3) is 0 Å². The zero-order valence-corrected chi connectivity index (χ0v) is 42.8. The van der Waals surface area contributed by atoms with E-state index in [-0.39, 0.29) is 26.1 Å². The SMILES string of the molecule is OCC1OC(OC2C(NCc3ccccc3)CC(NCc3ccccc3)C(O)C2OC2OC(CO)C(OC3OC(CNCc4ccccc4)C(O)C(O)C3NCc3ccccc3)C2O)C(NCc2ccccc2)C(O)C1O. The molecule has 77 heavy (non-hydrogen) atoms. The molecule has 19 nitrogen and oxygen atoms in total. The van der Waals surface area contributed by atoms with Gasteiger partial charge in [-0.05, 0) is 34.2 Å². The molecule has 3 heterocycles. The van der Waals surface area contributed by atoms with E-state index in [4.69, 9.17) is 28.4 Å². The lowest BCUT2D eigenvalue weighted by Crippen LogP contribution is -2.69. The summed E-state index contributed by atoms with van der Waals surface area (Å²) in [5.41, 5.74) is 4.68. The summed E-state index contributed by atoms with van der Waals surface area (Å²) in [5.74, 6) is 0. The minimum absolute atomic E-state index is 0.125. The molecule has 9 rings (SSSR count). The summed E-state index contributed by atoms with van der Waals surface area (Å²) in [7, 11) is 0. The van der Waals surface area contributed by atoms with Crippen molar-refractivity contribution >= 4 is 0 Å². The third-order valence-corrected chi connectivity index (χ3v) is 15.0. The lowest BCUT2D eigenvalue weighted by molar-refractivity contribution is -0.316. The van der Waals surface area contributed by atoms with Gasteiger partial charge in [-0.15, -0.1) is 0 Å². The van der Waals surface area contributed by atoms with Crippen LogP contribution in [0.15, 0.2) is 152 Å². The molecule has 5 aromatic carbocycles. The topological polar surface area (TPSA) is 277 Å². The van der Waals surface area contributed by atoms with Crippen molar-refractivity contribution in [2.45, 2.75) is 155 Å².